The van der Waals surface area contributed by atoms with Crippen molar-refractivity contribution in [1.29, 1.82) is 0 Å². The highest BCUT2D eigenvalue weighted by atomic mass is 19.1. The van der Waals surface area contributed by atoms with Crippen molar-refractivity contribution in [2.75, 3.05) is 0 Å². The van der Waals surface area contributed by atoms with Gasteiger partial charge in [-0.15, -0.1) is 0 Å². The van der Waals surface area contributed by atoms with Gasteiger partial charge in [0.25, 0.3) is 0 Å². The van der Waals surface area contributed by atoms with Gasteiger partial charge in [0.15, 0.2) is 0 Å². The van der Waals surface area contributed by atoms with Crippen LogP contribution in [0.15, 0.2) is 24.3 Å². The van der Waals surface area contributed by atoms with Crippen molar-refractivity contribution in [3.63, 3.8) is 0 Å². The maximum absolute atomic E-state index is 13.2. The van der Waals surface area contributed by atoms with E-state index in [1.807, 2.05) is 6.07 Å². The molecule has 17 heavy (non-hydrogen) atoms. The molecule has 1 aliphatic heterocycles. The maximum Gasteiger partial charge on any atom is 0.220 e. The van der Waals surface area contributed by atoms with Gasteiger partial charge in [-0.05, 0) is 36.5 Å². The van der Waals surface area contributed by atoms with E-state index in [0.717, 1.165) is 12.0 Å². The van der Waals surface area contributed by atoms with Gasteiger partial charge in [-0.2, -0.15) is 0 Å². The molecule has 0 saturated carbocycles. The number of hydrogen-bond donors (Lipinski definition) is 1. The van der Waals surface area contributed by atoms with Crippen LogP contribution in [0.4, 0.5) is 4.39 Å². The van der Waals surface area contributed by atoms with Crippen LogP contribution in [0.5, 0.6) is 0 Å². The Bertz CT molecular complexity index is 430. The minimum Gasteiger partial charge on any atom is -0.350 e. The summed E-state index contributed by atoms with van der Waals surface area (Å²) in [7, 11) is 0. The third-order valence-electron chi connectivity index (χ3n) is 3.70. The lowest BCUT2D eigenvalue weighted by Gasteiger charge is -2.33. The first-order chi connectivity index (χ1) is 8.02. The third kappa shape index (κ3) is 2.48. The minimum absolute atomic E-state index is 0.107. The van der Waals surface area contributed by atoms with Crippen LogP contribution < -0.4 is 5.32 Å². The highest BCUT2D eigenvalue weighted by molar-refractivity contribution is 5.79. The largest absolute Gasteiger partial charge is 0.350 e. The van der Waals surface area contributed by atoms with Gasteiger partial charge in [0, 0.05) is 12.0 Å². The van der Waals surface area contributed by atoms with Gasteiger partial charge in [0.2, 0.25) is 5.91 Å². The van der Waals surface area contributed by atoms with E-state index < -0.39 is 0 Å². The molecular weight excluding hydrogens is 217 g/mol. The zero-order valence-electron chi connectivity index (χ0n) is 10.3. The molecule has 1 N–H and O–H groups in total. The number of amides is 1. The average molecular weight is 235 g/mol. The van der Waals surface area contributed by atoms with E-state index >= 15 is 0 Å². The first kappa shape index (κ1) is 12.1. The Hall–Kier alpha value is -1.38. The second-order valence-corrected chi connectivity index (χ2v) is 5.17. The van der Waals surface area contributed by atoms with Crippen molar-refractivity contribution in [2.45, 2.75) is 38.6 Å². The standard InChI is InChI=1S/C14H18FNO/c1-10(2)14(7-6-13(17)16-14)9-11-4-3-5-12(15)8-11/h3-5,8,10H,6-7,9H2,1-2H3,(H,16,17). The molecule has 0 aromatic heterocycles. The van der Waals surface area contributed by atoms with Gasteiger partial charge in [-0.25, -0.2) is 4.39 Å². The summed E-state index contributed by atoms with van der Waals surface area (Å²) in [6.07, 6.45) is 2.11. The summed E-state index contributed by atoms with van der Waals surface area (Å²) in [6, 6.07) is 6.63. The van der Waals surface area contributed by atoms with Gasteiger partial charge < -0.3 is 5.32 Å². The van der Waals surface area contributed by atoms with Crippen LogP contribution in [-0.2, 0) is 11.2 Å². The lowest BCUT2D eigenvalue weighted by Crippen LogP contribution is -2.48. The summed E-state index contributed by atoms with van der Waals surface area (Å²) in [5.41, 5.74) is 0.742. The molecule has 0 radical (unpaired) electrons. The molecule has 0 bridgehead atoms. The number of rotatable bonds is 3. The Morgan fingerprint density at radius 3 is 2.76 bits per heavy atom. The predicted octanol–water partition coefficient (Wildman–Crippen LogP) is 2.67. The molecule has 0 aliphatic carbocycles. The molecule has 1 aromatic rings. The summed E-state index contributed by atoms with van der Waals surface area (Å²) in [5, 5.41) is 3.07. The van der Waals surface area contributed by atoms with Crippen molar-refractivity contribution >= 4 is 5.91 Å². The van der Waals surface area contributed by atoms with Gasteiger partial charge in [0.05, 0.1) is 0 Å². The Labute approximate surface area is 101 Å². The zero-order valence-corrected chi connectivity index (χ0v) is 10.3. The summed E-state index contributed by atoms with van der Waals surface area (Å²) in [6.45, 7) is 4.20. The quantitative estimate of drug-likeness (QED) is 0.857. The molecule has 92 valence electrons. The van der Waals surface area contributed by atoms with Crippen LogP contribution in [0.2, 0.25) is 0 Å². The molecule has 1 aliphatic rings. The molecule has 0 spiro atoms. The lowest BCUT2D eigenvalue weighted by molar-refractivity contribution is -0.120. The lowest BCUT2D eigenvalue weighted by atomic mass is 9.80. The fourth-order valence-electron chi connectivity index (χ4n) is 2.52. The third-order valence-corrected chi connectivity index (χ3v) is 3.70. The second kappa shape index (κ2) is 4.47. The Morgan fingerprint density at radius 2 is 2.24 bits per heavy atom. The van der Waals surface area contributed by atoms with Crippen molar-refractivity contribution in [3.05, 3.63) is 35.6 Å². The minimum atomic E-state index is -0.217. The molecule has 2 nitrogen and oxygen atoms in total. The average Bonchev–Trinajstić information content (AvgIpc) is 2.61. The number of carbonyl (C=O) groups excluding carboxylic acids is 1. The molecular formula is C14H18FNO. The summed E-state index contributed by atoms with van der Waals surface area (Å²) in [5.74, 6) is 0.234. The normalized spacial score (nSPS) is 24.1. The summed E-state index contributed by atoms with van der Waals surface area (Å²) >= 11 is 0. The van der Waals surface area contributed by atoms with E-state index in [2.05, 4.69) is 19.2 Å². The van der Waals surface area contributed by atoms with Gasteiger partial charge in [-0.3, -0.25) is 4.79 Å². The Kier molecular flexibility index (Phi) is 3.18. The topological polar surface area (TPSA) is 29.1 Å². The van der Waals surface area contributed by atoms with Crippen LogP contribution in [0, 0.1) is 11.7 Å². The molecule has 2 rings (SSSR count). The molecule has 1 unspecified atom stereocenters. The van der Waals surface area contributed by atoms with E-state index in [0.29, 0.717) is 18.8 Å². The van der Waals surface area contributed by atoms with E-state index in [9.17, 15) is 9.18 Å². The molecule has 1 amide bonds. The molecule has 1 saturated heterocycles. The Morgan fingerprint density at radius 1 is 1.47 bits per heavy atom. The van der Waals surface area contributed by atoms with E-state index in [-0.39, 0.29) is 17.3 Å². The van der Waals surface area contributed by atoms with Crippen molar-refractivity contribution in [2.24, 2.45) is 5.92 Å². The van der Waals surface area contributed by atoms with Crippen molar-refractivity contribution in [1.82, 2.24) is 5.32 Å². The molecule has 3 heteroatoms. The number of benzene rings is 1. The monoisotopic (exact) mass is 235 g/mol. The van der Waals surface area contributed by atoms with E-state index in [1.54, 1.807) is 12.1 Å². The number of halogens is 1. The SMILES string of the molecule is CC(C)C1(Cc2cccc(F)c2)CCC(=O)N1. The number of nitrogens with one attached hydrogen (secondary N) is 1. The Balaban J connectivity index is 2.22. The van der Waals surface area contributed by atoms with E-state index in [4.69, 9.17) is 0 Å². The maximum atomic E-state index is 13.2. The van der Waals surface area contributed by atoms with Crippen molar-refractivity contribution < 1.29 is 9.18 Å². The van der Waals surface area contributed by atoms with Crippen LogP contribution in [-0.4, -0.2) is 11.4 Å². The highest BCUT2D eigenvalue weighted by Crippen LogP contribution is 2.31. The first-order valence-electron chi connectivity index (χ1n) is 6.07. The smallest absolute Gasteiger partial charge is 0.220 e. The second-order valence-electron chi connectivity index (χ2n) is 5.17. The summed E-state index contributed by atoms with van der Waals surface area (Å²) < 4.78 is 13.2. The molecule has 1 heterocycles. The van der Waals surface area contributed by atoms with E-state index in [1.165, 1.54) is 6.07 Å². The van der Waals surface area contributed by atoms with Crippen LogP contribution in [0.1, 0.15) is 32.3 Å². The first-order valence-corrected chi connectivity index (χ1v) is 6.07. The fourth-order valence-corrected chi connectivity index (χ4v) is 2.52. The zero-order chi connectivity index (χ0) is 12.5. The predicted molar refractivity (Wildman–Crippen MR) is 65.0 cm³/mol. The summed E-state index contributed by atoms with van der Waals surface area (Å²) in [4.78, 5) is 11.4. The van der Waals surface area contributed by atoms with Gasteiger partial charge in [-0.1, -0.05) is 26.0 Å². The molecule has 1 fully saturated rings. The van der Waals surface area contributed by atoms with Gasteiger partial charge >= 0.3 is 0 Å². The van der Waals surface area contributed by atoms with Crippen LogP contribution >= 0.6 is 0 Å². The highest BCUT2D eigenvalue weighted by Gasteiger charge is 2.40. The van der Waals surface area contributed by atoms with Crippen LogP contribution in [0.25, 0.3) is 0 Å². The molecule has 1 atom stereocenters. The molecule has 1 aromatic carbocycles. The number of hydrogen-bond acceptors (Lipinski definition) is 1. The van der Waals surface area contributed by atoms with Crippen LogP contribution in [0.3, 0.4) is 0 Å². The fraction of sp³-hybridized carbons (Fsp3) is 0.500. The van der Waals surface area contributed by atoms with Crippen molar-refractivity contribution in [3.8, 4) is 0 Å². The van der Waals surface area contributed by atoms with Gasteiger partial charge in [0.1, 0.15) is 5.82 Å². The number of carbonyl (C=O) groups is 1.